The van der Waals surface area contributed by atoms with E-state index in [0.29, 0.717) is 24.1 Å². The van der Waals surface area contributed by atoms with Crippen molar-refractivity contribution in [2.45, 2.75) is 116 Å². The highest BCUT2D eigenvalue weighted by Crippen LogP contribution is 2.43. The minimum absolute atomic E-state index is 0.0749. The molecule has 1 N–H and O–H groups in total. The van der Waals surface area contributed by atoms with Crippen molar-refractivity contribution in [3.8, 4) is 0 Å². The van der Waals surface area contributed by atoms with Gasteiger partial charge < -0.3 is 18.9 Å². The summed E-state index contributed by atoms with van der Waals surface area (Å²) < 4.78 is 34.5. The van der Waals surface area contributed by atoms with Crippen molar-refractivity contribution < 1.29 is 37.3 Å². The molecule has 9 heteroatoms. The molecule has 2 unspecified atom stereocenters. The summed E-state index contributed by atoms with van der Waals surface area (Å²) in [5, 5.41) is 0. The molecule has 0 heterocycles. The van der Waals surface area contributed by atoms with Crippen LogP contribution < -0.4 is 0 Å². The molecule has 0 spiro atoms. The molecule has 0 rings (SSSR count). The quantitative estimate of drug-likeness (QED) is 0.0237. The first-order chi connectivity index (χ1) is 24.1. The molecular formula is C41H71NO7P+. The lowest BCUT2D eigenvalue weighted by molar-refractivity contribution is -0.870. The molecule has 8 nitrogen and oxygen atoms in total. The maximum absolute atomic E-state index is 12.4. The van der Waals surface area contributed by atoms with Crippen LogP contribution in [0.4, 0.5) is 0 Å². The van der Waals surface area contributed by atoms with Gasteiger partial charge in [-0.15, -0.1) is 0 Å². The van der Waals surface area contributed by atoms with Crippen LogP contribution in [-0.4, -0.2) is 75.6 Å². The summed E-state index contributed by atoms with van der Waals surface area (Å²) in [6.07, 6.45) is 44.0. The first-order valence-electron chi connectivity index (χ1n) is 18.8. The van der Waals surface area contributed by atoms with E-state index in [9.17, 15) is 14.3 Å². The molecule has 2 atom stereocenters. The van der Waals surface area contributed by atoms with E-state index in [2.05, 4.69) is 98.9 Å². The Kier molecular flexibility index (Phi) is 32.2. The number of unbranched alkanes of at least 4 members (excludes halogenated alkanes) is 5. The van der Waals surface area contributed by atoms with Crippen molar-refractivity contribution in [2.24, 2.45) is 0 Å². The summed E-state index contributed by atoms with van der Waals surface area (Å²) >= 11 is 0. The van der Waals surface area contributed by atoms with Gasteiger partial charge in [0, 0.05) is 13.0 Å². The molecule has 0 aromatic heterocycles. The van der Waals surface area contributed by atoms with E-state index < -0.39 is 13.9 Å². The Morgan fingerprint density at radius 3 is 1.66 bits per heavy atom. The highest BCUT2D eigenvalue weighted by molar-refractivity contribution is 7.47. The van der Waals surface area contributed by atoms with Gasteiger partial charge in [0.25, 0.3) is 0 Å². The molecule has 0 fully saturated rings. The number of allylic oxidation sites excluding steroid dienone is 14. The molecule has 0 amide bonds. The lowest BCUT2D eigenvalue weighted by Gasteiger charge is -2.24. The second-order valence-electron chi connectivity index (χ2n) is 13.2. The SMILES string of the molecule is CC/C=C\C/C=C\C/C=C\C/C=C\C/C=C\C/C=C\C/C=C\CCCCOCC(COP(=O)(O)OCC[N+](C)(C)C)OC(=O)CCCCCC. The second kappa shape index (κ2) is 33.8. The van der Waals surface area contributed by atoms with Gasteiger partial charge in [-0.2, -0.15) is 0 Å². The predicted octanol–water partition coefficient (Wildman–Crippen LogP) is 10.5. The number of likely N-dealkylation sites (N-methyl/N-ethyl adjacent to an activating group) is 1. The standard InChI is InChI=1S/C41H70NO7P/c1-6-8-10-12-13-14-15-16-17-18-19-20-21-22-23-24-25-26-27-28-29-30-31-33-36-46-38-40(49-41(43)34-32-11-9-7-2)39-48-50(44,45)47-37-35-42(3,4)5/h8,10,13-14,16-17,19-20,22-23,25-26,28-29,40H,6-7,9,11-12,15,18,21,24,27,30-39H2,1-5H3/p+1/b10-8-,14-13-,17-16-,20-19-,23-22-,26-25-,29-28-. The Bertz CT molecular complexity index is 1070. The summed E-state index contributed by atoms with van der Waals surface area (Å²) in [7, 11) is 1.62. The zero-order chi connectivity index (χ0) is 37.0. The number of nitrogens with zero attached hydrogens (tertiary/aromatic N) is 1. The smallest absolute Gasteiger partial charge is 0.457 e. The van der Waals surface area contributed by atoms with Crippen molar-refractivity contribution in [3.63, 3.8) is 0 Å². The van der Waals surface area contributed by atoms with E-state index in [1.807, 2.05) is 21.1 Å². The number of esters is 1. The summed E-state index contributed by atoms with van der Waals surface area (Å²) in [4.78, 5) is 22.4. The fraction of sp³-hybridized carbons (Fsp3) is 0.634. The van der Waals surface area contributed by atoms with E-state index in [-0.39, 0.29) is 25.8 Å². The topological polar surface area (TPSA) is 91.3 Å². The zero-order valence-electron chi connectivity index (χ0n) is 32.1. The third-order valence-electron chi connectivity index (χ3n) is 7.22. The fourth-order valence-electron chi connectivity index (χ4n) is 4.29. The van der Waals surface area contributed by atoms with E-state index >= 15 is 0 Å². The van der Waals surface area contributed by atoms with Crippen LogP contribution in [0.3, 0.4) is 0 Å². The first-order valence-corrected chi connectivity index (χ1v) is 20.3. The van der Waals surface area contributed by atoms with Crippen LogP contribution in [0, 0.1) is 0 Å². The second-order valence-corrected chi connectivity index (χ2v) is 14.7. The lowest BCUT2D eigenvalue weighted by atomic mass is 10.1. The van der Waals surface area contributed by atoms with Gasteiger partial charge in [0.1, 0.15) is 19.3 Å². The number of ether oxygens (including phenoxy) is 2. The zero-order valence-corrected chi connectivity index (χ0v) is 33.0. The molecular weight excluding hydrogens is 649 g/mol. The van der Waals surface area contributed by atoms with Crippen molar-refractivity contribution >= 4 is 13.8 Å². The van der Waals surface area contributed by atoms with Crippen molar-refractivity contribution in [3.05, 3.63) is 85.1 Å². The minimum Gasteiger partial charge on any atom is -0.457 e. The Morgan fingerprint density at radius 2 is 1.16 bits per heavy atom. The number of phosphoric ester groups is 1. The number of phosphoric acid groups is 1. The monoisotopic (exact) mass is 720 g/mol. The van der Waals surface area contributed by atoms with Crippen molar-refractivity contribution in [2.75, 3.05) is 54.1 Å². The number of carbonyl (C=O) groups excluding carboxylic acids is 1. The van der Waals surface area contributed by atoms with Crippen LogP contribution in [-0.2, 0) is 27.9 Å². The maximum Gasteiger partial charge on any atom is 0.472 e. The van der Waals surface area contributed by atoms with E-state index in [1.54, 1.807) is 0 Å². The maximum atomic E-state index is 12.4. The first kappa shape index (κ1) is 47.7. The molecule has 0 aliphatic heterocycles. The summed E-state index contributed by atoms with van der Waals surface area (Å²) in [5.74, 6) is -0.353. The van der Waals surface area contributed by atoms with Gasteiger partial charge in [0.15, 0.2) is 0 Å². The van der Waals surface area contributed by atoms with Crippen LogP contribution in [0.25, 0.3) is 0 Å². The third-order valence-corrected chi connectivity index (χ3v) is 8.21. The molecule has 50 heavy (non-hydrogen) atoms. The number of hydrogen-bond acceptors (Lipinski definition) is 6. The van der Waals surface area contributed by atoms with Gasteiger partial charge >= 0.3 is 13.8 Å². The van der Waals surface area contributed by atoms with Gasteiger partial charge in [-0.25, -0.2) is 4.57 Å². The van der Waals surface area contributed by atoms with Gasteiger partial charge in [-0.1, -0.05) is 118 Å². The Balaban J connectivity index is 4.16. The van der Waals surface area contributed by atoms with Gasteiger partial charge in [0.2, 0.25) is 0 Å². The predicted molar refractivity (Wildman–Crippen MR) is 210 cm³/mol. The molecule has 0 aromatic carbocycles. The Morgan fingerprint density at radius 1 is 0.640 bits per heavy atom. The molecule has 0 aliphatic rings. The molecule has 0 aromatic rings. The van der Waals surface area contributed by atoms with E-state index in [1.165, 1.54) is 0 Å². The molecule has 0 bridgehead atoms. The minimum atomic E-state index is -4.27. The fourth-order valence-corrected chi connectivity index (χ4v) is 5.03. The molecule has 0 saturated carbocycles. The third kappa shape index (κ3) is 36.9. The van der Waals surface area contributed by atoms with Crippen molar-refractivity contribution in [1.82, 2.24) is 0 Å². The van der Waals surface area contributed by atoms with Gasteiger partial charge in [-0.3, -0.25) is 13.8 Å². The van der Waals surface area contributed by atoms with Crippen LogP contribution >= 0.6 is 7.82 Å². The summed E-state index contributed by atoms with van der Waals surface area (Å²) in [6.45, 7) is 5.22. The van der Waals surface area contributed by atoms with Crippen LogP contribution in [0.2, 0.25) is 0 Å². The van der Waals surface area contributed by atoms with Crippen LogP contribution in [0.5, 0.6) is 0 Å². The van der Waals surface area contributed by atoms with Crippen molar-refractivity contribution in [1.29, 1.82) is 0 Å². The molecule has 0 radical (unpaired) electrons. The number of quaternary nitrogens is 1. The average molecular weight is 721 g/mol. The molecule has 0 aliphatic carbocycles. The molecule has 0 saturated heterocycles. The average Bonchev–Trinajstić information content (AvgIpc) is 3.06. The highest BCUT2D eigenvalue weighted by atomic mass is 31.2. The summed E-state index contributed by atoms with van der Waals surface area (Å²) in [6, 6.07) is 0. The number of carbonyl (C=O) groups is 1. The van der Waals surface area contributed by atoms with Crippen LogP contribution in [0.1, 0.15) is 110 Å². The summed E-state index contributed by atoms with van der Waals surface area (Å²) in [5.41, 5.74) is 0. The highest BCUT2D eigenvalue weighted by Gasteiger charge is 2.26. The molecule has 286 valence electrons. The van der Waals surface area contributed by atoms with Gasteiger partial charge in [-0.05, 0) is 70.6 Å². The Labute approximate surface area is 305 Å². The normalized spacial score (nSPS) is 14.9. The van der Waals surface area contributed by atoms with E-state index in [4.69, 9.17) is 18.5 Å². The van der Waals surface area contributed by atoms with Crippen LogP contribution in [0.15, 0.2) is 85.1 Å². The number of rotatable bonds is 33. The van der Waals surface area contributed by atoms with E-state index in [0.717, 1.165) is 89.9 Å². The largest absolute Gasteiger partial charge is 0.472 e. The Hall–Kier alpha value is -2.32. The number of hydrogen-bond donors (Lipinski definition) is 1. The lowest BCUT2D eigenvalue weighted by Crippen LogP contribution is -2.37. The van der Waals surface area contributed by atoms with Gasteiger partial charge in [0.05, 0.1) is 34.4 Å².